The van der Waals surface area contributed by atoms with Crippen molar-refractivity contribution in [2.75, 3.05) is 6.61 Å². The van der Waals surface area contributed by atoms with Crippen LogP contribution < -0.4 is 5.56 Å². The minimum atomic E-state index is -0.390. The third-order valence-corrected chi connectivity index (χ3v) is 3.88. The Bertz CT molecular complexity index is 694. The summed E-state index contributed by atoms with van der Waals surface area (Å²) in [4.78, 5) is 25.9. The number of nitrogens with zero attached hydrogens (tertiary/aromatic N) is 3. The van der Waals surface area contributed by atoms with Crippen LogP contribution in [0.15, 0.2) is 16.0 Å². The molecule has 114 valence electrons. The Hall–Kier alpha value is -1.83. The summed E-state index contributed by atoms with van der Waals surface area (Å²) >= 11 is 1.27. The molecule has 0 amide bonds. The molecular formula is C13H18N4O3S. The molecule has 1 N–H and O–H groups in total. The van der Waals surface area contributed by atoms with E-state index in [0.29, 0.717) is 17.5 Å². The van der Waals surface area contributed by atoms with E-state index in [0.717, 1.165) is 18.5 Å². The Labute approximate surface area is 126 Å². The monoisotopic (exact) mass is 310 g/mol. The first-order chi connectivity index (χ1) is 10.1. The van der Waals surface area contributed by atoms with Crippen molar-refractivity contribution in [1.29, 1.82) is 0 Å². The molecule has 2 aromatic heterocycles. The highest BCUT2D eigenvalue weighted by Crippen LogP contribution is 2.23. The molecule has 0 aliphatic rings. The van der Waals surface area contributed by atoms with Crippen LogP contribution in [-0.2, 0) is 16.0 Å². The molecule has 0 saturated carbocycles. The van der Waals surface area contributed by atoms with Gasteiger partial charge in [0.15, 0.2) is 5.16 Å². The van der Waals surface area contributed by atoms with Gasteiger partial charge in [-0.3, -0.25) is 19.0 Å². The largest absolute Gasteiger partial charge is 0.465 e. The van der Waals surface area contributed by atoms with Gasteiger partial charge < -0.3 is 4.74 Å². The lowest BCUT2D eigenvalue weighted by molar-refractivity contribution is -0.142. The number of aromatic amines is 1. The SMILES string of the molecule is CCCc1cc(=O)[nH]c2nnc(SC(C)C(=O)OCC)n12. The molecule has 0 spiro atoms. The number of carbonyl (C=O) groups excluding carboxylic acids is 1. The molecular weight excluding hydrogens is 292 g/mol. The summed E-state index contributed by atoms with van der Waals surface area (Å²) in [5.41, 5.74) is 0.633. The van der Waals surface area contributed by atoms with Crippen molar-refractivity contribution in [2.45, 2.75) is 44.0 Å². The zero-order chi connectivity index (χ0) is 15.4. The van der Waals surface area contributed by atoms with E-state index in [2.05, 4.69) is 15.2 Å². The number of rotatable bonds is 6. The lowest BCUT2D eigenvalue weighted by Gasteiger charge is -2.10. The van der Waals surface area contributed by atoms with Gasteiger partial charge in [-0.1, -0.05) is 25.1 Å². The van der Waals surface area contributed by atoms with Crippen LogP contribution in [0.25, 0.3) is 5.78 Å². The average Bonchev–Trinajstić information content (AvgIpc) is 2.82. The second kappa shape index (κ2) is 6.75. The van der Waals surface area contributed by atoms with Crippen molar-refractivity contribution >= 4 is 23.5 Å². The second-order valence-electron chi connectivity index (χ2n) is 4.53. The minimum Gasteiger partial charge on any atom is -0.465 e. The van der Waals surface area contributed by atoms with Gasteiger partial charge in [-0.25, -0.2) is 0 Å². The number of thioether (sulfide) groups is 1. The molecule has 0 aromatic carbocycles. The van der Waals surface area contributed by atoms with Crippen molar-refractivity contribution in [1.82, 2.24) is 19.6 Å². The number of aromatic nitrogens is 4. The first-order valence-electron chi connectivity index (χ1n) is 6.87. The van der Waals surface area contributed by atoms with E-state index in [9.17, 15) is 9.59 Å². The lowest BCUT2D eigenvalue weighted by atomic mass is 10.2. The highest BCUT2D eigenvalue weighted by Gasteiger charge is 2.20. The minimum absolute atomic E-state index is 0.201. The Kier molecular flexibility index (Phi) is 5.00. The zero-order valence-electron chi connectivity index (χ0n) is 12.3. The Morgan fingerprint density at radius 1 is 1.48 bits per heavy atom. The quantitative estimate of drug-likeness (QED) is 0.641. The van der Waals surface area contributed by atoms with E-state index in [4.69, 9.17) is 4.74 Å². The lowest BCUT2D eigenvalue weighted by Crippen LogP contribution is -2.18. The molecule has 0 radical (unpaired) electrons. The predicted molar refractivity (Wildman–Crippen MR) is 79.6 cm³/mol. The van der Waals surface area contributed by atoms with Crippen LogP contribution >= 0.6 is 11.8 Å². The Morgan fingerprint density at radius 2 is 2.24 bits per heavy atom. The molecule has 1 unspecified atom stereocenters. The maximum atomic E-state index is 11.7. The molecule has 2 heterocycles. The van der Waals surface area contributed by atoms with Gasteiger partial charge in [-0.2, -0.15) is 0 Å². The van der Waals surface area contributed by atoms with Crippen molar-refractivity contribution in [3.8, 4) is 0 Å². The van der Waals surface area contributed by atoms with Crippen molar-refractivity contribution in [2.24, 2.45) is 0 Å². The fourth-order valence-corrected chi connectivity index (χ4v) is 2.83. The van der Waals surface area contributed by atoms with Crippen molar-refractivity contribution in [3.63, 3.8) is 0 Å². The summed E-state index contributed by atoms with van der Waals surface area (Å²) in [7, 11) is 0. The van der Waals surface area contributed by atoms with Gasteiger partial charge in [0.25, 0.3) is 5.56 Å². The molecule has 0 aliphatic heterocycles. The summed E-state index contributed by atoms with van der Waals surface area (Å²) < 4.78 is 6.77. The van der Waals surface area contributed by atoms with Crippen LogP contribution in [0, 0.1) is 0 Å². The normalized spacial score (nSPS) is 12.5. The molecule has 0 saturated heterocycles. The third kappa shape index (κ3) is 3.44. The number of ether oxygens (including phenoxy) is 1. The molecule has 1 atom stereocenters. The van der Waals surface area contributed by atoms with E-state index in [-0.39, 0.29) is 11.5 Å². The van der Waals surface area contributed by atoms with E-state index >= 15 is 0 Å². The molecule has 7 nitrogen and oxygen atoms in total. The topological polar surface area (TPSA) is 89.4 Å². The molecule has 21 heavy (non-hydrogen) atoms. The van der Waals surface area contributed by atoms with Crippen LogP contribution in [0.3, 0.4) is 0 Å². The van der Waals surface area contributed by atoms with Gasteiger partial charge in [-0.15, -0.1) is 10.2 Å². The summed E-state index contributed by atoms with van der Waals surface area (Å²) in [6.45, 7) is 5.91. The molecule has 2 aromatic rings. The van der Waals surface area contributed by atoms with Crippen LogP contribution in [0.5, 0.6) is 0 Å². The van der Waals surface area contributed by atoms with Gasteiger partial charge in [0.05, 0.1) is 6.61 Å². The smallest absolute Gasteiger partial charge is 0.319 e. The predicted octanol–water partition coefficient (Wildman–Crippen LogP) is 1.41. The van der Waals surface area contributed by atoms with Crippen LogP contribution in [-0.4, -0.2) is 37.4 Å². The standard InChI is InChI=1S/C13H18N4O3S/c1-4-6-9-7-10(18)14-12-15-16-13(17(9)12)21-8(3)11(19)20-5-2/h7-8H,4-6H2,1-3H3,(H,14,15,18). The summed E-state index contributed by atoms with van der Waals surface area (Å²) in [5.74, 6) is 0.102. The molecule has 0 fully saturated rings. The number of nitrogens with one attached hydrogen (secondary N) is 1. The maximum absolute atomic E-state index is 11.7. The Morgan fingerprint density at radius 3 is 2.90 bits per heavy atom. The number of carbonyl (C=O) groups is 1. The molecule has 0 bridgehead atoms. The number of aryl methyl sites for hydroxylation is 1. The van der Waals surface area contributed by atoms with Gasteiger partial charge in [0.2, 0.25) is 5.78 Å². The van der Waals surface area contributed by atoms with Crippen LogP contribution in [0.1, 0.15) is 32.9 Å². The van der Waals surface area contributed by atoms with E-state index in [1.807, 2.05) is 6.92 Å². The van der Waals surface area contributed by atoms with E-state index < -0.39 is 5.25 Å². The van der Waals surface area contributed by atoms with Gasteiger partial charge in [0.1, 0.15) is 5.25 Å². The van der Waals surface area contributed by atoms with Gasteiger partial charge >= 0.3 is 5.97 Å². The number of hydrogen-bond acceptors (Lipinski definition) is 6. The van der Waals surface area contributed by atoms with Gasteiger partial charge in [-0.05, 0) is 20.3 Å². The van der Waals surface area contributed by atoms with Gasteiger partial charge in [0, 0.05) is 11.8 Å². The van der Waals surface area contributed by atoms with E-state index in [1.54, 1.807) is 24.3 Å². The zero-order valence-corrected chi connectivity index (χ0v) is 13.1. The Balaban J connectivity index is 2.36. The van der Waals surface area contributed by atoms with Crippen molar-refractivity contribution < 1.29 is 9.53 Å². The van der Waals surface area contributed by atoms with Crippen LogP contribution in [0.4, 0.5) is 0 Å². The highest BCUT2D eigenvalue weighted by molar-refractivity contribution is 8.00. The molecule has 8 heteroatoms. The average molecular weight is 310 g/mol. The maximum Gasteiger partial charge on any atom is 0.319 e. The number of esters is 1. The highest BCUT2D eigenvalue weighted by atomic mass is 32.2. The fraction of sp³-hybridized carbons (Fsp3) is 0.538. The first kappa shape index (κ1) is 15.6. The first-order valence-corrected chi connectivity index (χ1v) is 7.75. The summed E-state index contributed by atoms with van der Waals surface area (Å²) in [6, 6.07) is 1.54. The van der Waals surface area contributed by atoms with E-state index in [1.165, 1.54) is 11.8 Å². The number of fused-ring (bicyclic) bond motifs is 1. The second-order valence-corrected chi connectivity index (χ2v) is 5.84. The summed E-state index contributed by atoms with van der Waals surface area (Å²) in [5, 5.41) is 8.21. The summed E-state index contributed by atoms with van der Waals surface area (Å²) in [6.07, 6.45) is 1.63. The number of H-pyrrole nitrogens is 1. The fourth-order valence-electron chi connectivity index (χ4n) is 1.95. The van der Waals surface area contributed by atoms with Crippen LogP contribution in [0.2, 0.25) is 0 Å². The van der Waals surface area contributed by atoms with Crippen molar-refractivity contribution in [3.05, 3.63) is 22.1 Å². The third-order valence-electron chi connectivity index (χ3n) is 2.86. The number of hydrogen-bond donors (Lipinski definition) is 1. The molecule has 2 rings (SSSR count). The molecule has 0 aliphatic carbocycles.